The summed E-state index contributed by atoms with van der Waals surface area (Å²) in [5.41, 5.74) is 1.35. The van der Waals surface area contributed by atoms with Gasteiger partial charge >= 0.3 is 6.09 Å². The molecule has 0 bridgehead atoms. The van der Waals surface area contributed by atoms with Crippen LogP contribution in [0, 0.1) is 0 Å². The summed E-state index contributed by atoms with van der Waals surface area (Å²) < 4.78 is 11.6. The Bertz CT molecular complexity index is 965. The minimum Gasteiger partial charge on any atom is -0.445 e. The first-order valence-electron chi connectivity index (χ1n) is 8.72. The van der Waals surface area contributed by atoms with Crippen LogP contribution in [-0.2, 0) is 16.1 Å². The lowest BCUT2D eigenvalue weighted by Crippen LogP contribution is -2.33. The summed E-state index contributed by atoms with van der Waals surface area (Å²) in [5.74, 6) is 0.634. The molecule has 29 heavy (non-hydrogen) atoms. The molecule has 2 amide bonds. The van der Waals surface area contributed by atoms with Crippen LogP contribution in [-0.4, -0.2) is 23.5 Å². The summed E-state index contributed by atoms with van der Waals surface area (Å²) in [6.07, 6.45) is 0.804. The van der Waals surface area contributed by atoms with E-state index >= 15 is 0 Å². The van der Waals surface area contributed by atoms with E-state index in [-0.39, 0.29) is 13.2 Å². The molecule has 7 nitrogen and oxygen atoms in total. The quantitative estimate of drug-likeness (QED) is 0.547. The molecule has 0 saturated heterocycles. The molecule has 0 aliphatic carbocycles. The minimum absolute atomic E-state index is 0.137. The van der Waals surface area contributed by atoms with Gasteiger partial charge in [-0.1, -0.05) is 52.3 Å². The average Bonchev–Trinajstić information content (AvgIpc) is 2.73. The van der Waals surface area contributed by atoms with E-state index in [4.69, 9.17) is 9.47 Å². The van der Waals surface area contributed by atoms with Crippen molar-refractivity contribution in [3.05, 3.63) is 83.0 Å². The molecule has 0 saturated carbocycles. The maximum Gasteiger partial charge on any atom is 0.407 e. The van der Waals surface area contributed by atoms with E-state index in [9.17, 15) is 9.59 Å². The summed E-state index contributed by atoms with van der Waals surface area (Å²) in [6.45, 7) is -0.0818. The second-order valence-corrected chi connectivity index (χ2v) is 6.82. The molecule has 2 aromatic carbocycles. The summed E-state index contributed by atoms with van der Waals surface area (Å²) in [7, 11) is 0. The van der Waals surface area contributed by atoms with Gasteiger partial charge in [0.05, 0.1) is 11.9 Å². The Kier molecular flexibility index (Phi) is 7.18. The van der Waals surface area contributed by atoms with Crippen LogP contribution in [0.3, 0.4) is 0 Å². The molecule has 8 heteroatoms. The SMILES string of the molecule is O=C(CNC(=O)OCc1ccccc1)Nc1ccc(Oc2cccc(Br)c2)nc1. The highest BCUT2D eigenvalue weighted by molar-refractivity contribution is 9.10. The fourth-order valence-electron chi connectivity index (χ4n) is 2.30. The molecule has 1 heterocycles. The van der Waals surface area contributed by atoms with Crippen molar-refractivity contribution in [1.82, 2.24) is 10.3 Å². The van der Waals surface area contributed by atoms with Crippen LogP contribution in [0.25, 0.3) is 0 Å². The van der Waals surface area contributed by atoms with Gasteiger partial charge in [0.25, 0.3) is 0 Å². The van der Waals surface area contributed by atoms with Crippen LogP contribution in [0.15, 0.2) is 77.4 Å². The Morgan fingerprint density at radius 2 is 1.83 bits per heavy atom. The predicted molar refractivity (Wildman–Crippen MR) is 112 cm³/mol. The molecule has 0 spiro atoms. The van der Waals surface area contributed by atoms with E-state index in [0.29, 0.717) is 17.3 Å². The lowest BCUT2D eigenvalue weighted by Gasteiger charge is -2.09. The molecule has 3 aromatic rings. The van der Waals surface area contributed by atoms with Crippen LogP contribution < -0.4 is 15.4 Å². The summed E-state index contributed by atoms with van der Waals surface area (Å²) >= 11 is 3.37. The van der Waals surface area contributed by atoms with E-state index < -0.39 is 12.0 Å². The number of rotatable bonds is 7. The Morgan fingerprint density at radius 3 is 2.55 bits per heavy atom. The molecule has 0 unspecified atom stereocenters. The molecule has 0 atom stereocenters. The number of amides is 2. The fourth-order valence-corrected chi connectivity index (χ4v) is 2.68. The second-order valence-electron chi connectivity index (χ2n) is 5.91. The van der Waals surface area contributed by atoms with Gasteiger partial charge in [-0.3, -0.25) is 4.79 Å². The smallest absolute Gasteiger partial charge is 0.407 e. The predicted octanol–water partition coefficient (Wildman–Crippen LogP) is 4.50. The Labute approximate surface area is 176 Å². The van der Waals surface area contributed by atoms with Crippen molar-refractivity contribution >= 4 is 33.6 Å². The van der Waals surface area contributed by atoms with Crippen molar-refractivity contribution in [3.63, 3.8) is 0 Å². The standard InChI is InChI=1S/C21H18BrN3O4/c22-16-7-4-8-18(11-16)29-20-10-9-17(12-23-20)25-19(26)13-24-21(27)28-14-15-5-2-1-3-6-15/h1-12H,13-14H2,(H,24,27)(H,25,26). The number of aromatic nitrogens is 1. The Balaban J connectivity index is 1.41. The number of nitrogens with zero attached hydrogens (tertiary/aromatic N) is 1. The van der Waals surface area contributed by atoms with Gasteiger partial charge in [0.15, 0.2) is 0 Å². The number of alkyl carbamates (subject to hydrolysis) is 1. The highest BCUT2D eigenvalue weighted by atomic mass is 79.9. The molecule has 0 radical (unpaired) electrons. The number of pyridine rings is 1. The van der Waals surface area contributed by atoms with Crippen LogP contribution in [0.1, 0.15) is 5.56 Å². The van der Waals surface area contributed by atoms with Crippen LogP contribution in [0.2, 0.25) is 0 Å². The van der Waals surface area contributed by atoms with E-state index in [2.05, 4.69) is 31.5 Å². The lowest BCUT2D eigenvalue weighted by atomic mass is 10.2. The van der Waals surface area contributed by atoms with Crippen LogP contribution in [0.5, 0.6) is 11.6 Å². The summed E-state index contributed by atoms with van der Waals surface area (Å²) in [6, 6.07) is 19.9. The van der Waals surface area contributed by atoms with E-state index in [1.165, 1.54) is 6.20 Å². The van der Waals surface area contributed by atoms with Gasteiger partial charge in [-0.05, 0) is 29.8 Å². The largest absolute Gasteiger partial charge is 0.445 e. The number of ether oxygens (including phenoxy) is 2. The third kappa shape index (κ3) is 6.93. The molecule has 0 fully saturated rings. The molecule has 0 aliphatic heterocycles. The number of hydrogen-bond donors (Lipinski definition) is 2. The van der Waals surface area contributed by atoms with E-state index in [0.717, 1.165) is 10.0 Å². The molecular weight excluding hydrogens is 438 g/mol. The fraction of sp³-hybridized carbons (Fsp3) is 0.0952. The molecular formula is C21H18BrN3O4. The zero-order valence-electron chi connectivity index (χ0n) is 15.3. The summed E-state index contributed by atoms with van der Waals surface area (Å²) in [4.78, 5) is 27.8. The molecule has 2 N–H and O–H groups in total. The van der Waals surface area contributed by atoms with Crippen LogP contribution >= 0.6 is 15.9 Å². The number of carbonyl (C=O) groups is 2. The molecule has 1 aromatic heterocycles. The topological polar surface area (TPSA) is 89.6 Å². The van der Waals surface area contributed by atoms with Gasteiger partial charge in [0.2, 0.25) is 11.8 Å². The van der Waals surface area contributed by atoms with Crippen molar-refractivity contribution in [2.24, 2.45) is 0 Å². The second kappa shape index (κ2) is 10.2. The van der Waals surface area contributed by atoms with E-state index in [1.807, 2.05) is 54.6 Å². The van der Waals surface area contributed by atoms with Crippen molar-refractivity contribution in [3.8, 4) is 11.6 Å². The number of benzene rings is 2. The van der Waals surface area contributed by atoms with Crippen LogP contribution in [0.4, 0.5) is 10.5 Å². The normalized spacial score (nSPS) is 10.1. The first-order valence-corrected chi connectivity index (χ1v) is 9.52. The Morgan fingerprint density at radius 1 is 1.00 bits per heavy atom. The van der Waals surface area contributed by atoms with Crippen molar-refractivity contribution < 1.29 is 19.1 Å². The van der Waals surface area contributed by atoms with Gasteiger partial charge in [0, 0.05) is 10.5 Å². The minimum atomic E-state index is -0.667. The Hall–Kier alpha value is -3.39. The number of nitrogens with one attached hydrogen (secondary N) is 2. The van der Waals surface area contributed by atoms with Crippen molar-refractivity contribution in [2.45, 2.75) is 6.61 Å². The van der Waals surface area contributed by atoms with Gasteiger partial charge in [-0.15, -0.1) is 0 Å². The van der Waals surface area contributed by atoms with Gasteiger partial charge in [-0.25, -0.2) is 9.78 Å². The van der Waals surface area contributed by atoms with Gasteiger partial charge in [-0.2, -0.15) is 0 Å². The summed E-state index contributed by atoms with van der Waals surface area (Å²) in [5, 5.41) is 5.04. The maximum atomic E-state index is 12.0. The average molecular weight is 456 g/mol. The molecule has 148 valence electrons. The van der Waals surface area contributed by atoms with E-state index in [1.54, 1.807) is 12.1 Å². The highest BCUT2D eigenvalue weighted by Gasteiger charge is 2.08. The third-order valence-electron chi connectivity index (χ3n) is 3.64. The first kappa shape index (κ1) is 20.3. The number of carbonyl (C=O) groups excluding carboxylic acids is 2. The third-order valence-corrected chi connectivity index (χ3v) is 4.14. The highest BCUT2D eigenvalue weighted by Crippen LogP contribution is 2.23. The molecule has 0 aliphatic rings. The zero-order valence-corrected chi connectivity index (χ0v) is 16.9. The van der Waals surface area contributed by atoms with Gasteiger partial charge < -0.3 is 20.1 Å². The number of anilines is 1. The first-order chi connectivity index (χ1) is 14.1. The van der Waals surface area contributed by atoms with Gasteiger partial charge in [0.1, 0.15) is 18.9 Å². The molecule has 3 rings (SSSR count). The maximum absolute atomic E-state index is 12.0. The number of hydrogen-bond acceptors (Lipinski definition) is 5. The lowest BCUT2D eigenvalue weighted by molar-refractivity contribution is -0.115. The zero-order chi connectivity index (χ0) is 20.5. The number of halogens is 1. The van der Waals surface area contributed by atoms with Crippen molar-refractivity contribution in [2.75, 3.05) is 11.9 Å². The van der Waals surface area contributed by atoms with Crippen molar-refractivity contribution in [1.29, 1.82) is 0 Å². The monoisotopic (exact) mass is 455 g/mol.